The zero-order valence-electron chi connectivity index (χ0n) is 19.2. The number of pyridine rings is 1. The van der Waals surface area contributed by atoms with Crippen LogP contribution >= 0.6 is 11.3 Å². The summed E-state index contributed by atoms with van der Waals surface area (Å²) in [6.07, 6.45) is 4.56. The number of nitrogens with zero attached hydrogens (tertiary/aromatic N) is 3. The second-order valence-corrected chi connectivity index (χ2v) is 8.78. The highest BCUT2D eigenvalue weighted by atomic mass is 32.1. The van der Waals surface area contributed by atoms with E-state index in [0.717, 1.165) is 5.56 Å². The number of thiazole rings is 1. The Labute approximate surface area is 211 Å². The predicted molar refractivity (Wildman–Crippen MR) is 135 cm³/mol. The van der Waals surface area contributed by atoms with Crippen molar-refractivity contribution >= 4 is 33.9 Å². The van der Waals surface area contributed by atoms with Gasteiger partial charge in [0.05, 0.1) is 18.7 Å². The van der Waals surface area contributed by atoms with E-state index in [2.05, 4.69) is 9.97 Å². The Morgan fingerprint density at radius 1 is 1.03 bits per heavy atom. The van der Waals surface area contributed by atoms with Gasteiger partial charge >= 0.3 is 5.91 Å². The summed E-state index contributed by atoms with van der Waals surface area (Å²) in [5.41, 5.74) is 1.89. The number of Topliss-reactive ketones (excluding diaryl/α,β-unsaturated/α-hetero) is 1. The number of aliphatic hydroxyl groups excluding tert-OH is 1. The van der Waals surface area contributed by atoms with Crippen LogP contribution in [0.3, 0.4) is 0 Å². The Bertz CT molecular complexity index is 1420. The number of methoxy groups -OCH3 is 1. The van der Waals surface area contributed by atoms with Crippen LogP contribution in [0.4, 0.5) is 5.13 Å². The van der Waals surface area contributed by atoms with E-state index in [1.54, 1.807) is 41.9 Å². The highest BCUT2D eigenvalue weighted by Crippen LogP contribution is 2.44. The molecule has 4 aromatic rings. The summed E-state index contributed by atoms with van der Waals surface area (Å²) in [4.78, 5) is 35.8. The van der Waals surface area contributed by atoms with Gasteiger partial charge in [0.15, 0.2) is 16.6 Å². The fraction of sp³-hybridized carbons (Fsp3) is 0.111. The van der Waals surface area contributed by atoms with E-state index >= 15 is 0 Å². The molecule has 36 heavy (non-hydrogen) atoms. The molecule has 0 spiro atoms. The molecule has 1 N–H and O–H groups in total. The van der Waals surface area contributed by atoms with E-state index in [9.17, 15) is 14.7 Å². The zero-order valence-corrected chi connectivity index (χ0v) is 20.0. The largest absolute Gasteiger partial charge is 0.507 e. The molecule has 1 unspecified atom stereocenters. The molecule has 0 bridgehead atoms. The average Bonchev–Trinajstić information content (AvgIpc) is 3.54. The number of ketones is 1. The molecular formula is C27H21N3O5S. The van der Waals surface area contributed by atoms with Crippen LogP contribution in [0.2, 0.25) is 0 Å². The molecule has 8 nitrogen and oxygen atoms in total. The van der Waals surface area contributed by atoms with Crippen molar-refractivity contribution in [1.29, 1.82) is 0 Å². The third kappa shape index (κ3) is 4.32. The Kier molecular flexibility index (Phi) is 6.46. The molecule has 1 amide bonds. The molecule has 1 saturated heterocycles. The van der Waals surface area contributed by atoms with Crippen LogP contribution in [0.1, 0.15) is 22.7 Å². The third-order valence-corrected chi connectivity index (χ3v) is 6.53. The first kappa shape index (κ1) is 23.3. The van der Waals surface area contributed by atoms with Crippen LogP contribution in [-0.2, 0) is 16.2 Å². The minimum atomic E-state index is -0.915. The number of amides is 1. The van der Waals surface area contributed by atoms with Crippen LogP contribution in [0.25, 0.3) is 5.76 Å². The molecule has 0 radical (unpaired) electrons. The number of aliphatic hydroxyl groups is 1. The molecule has 9 heteroatoms. The fourth-order valence-corrected chi connectivity index (χ4v) is 4.72. The number of hydrogen-bond donors (Lipinski definition) is 1. The number of ether oxygens (including phenoxy) is 2. The molecule has 3 heterocycles. The van der Waals surface area contributed by atoms with Crippen molar-refractivity contribution in [3.8, 4) is 11.5 Å². The number of aromatic nitrogens is 2. The standard InChI is InChI=1S/C27H21N3O5S/c1-34-21-15-19(7-8-20(21)35-16-17-5-3-2-4-6-17)23-22(24(31)18-9-11-28-12-10-18)25(32)26(33)30(23)27-29-13-14-36-27/h2-15,23,31H,16H2,1H3. The van der Waals surface area contributed by atoms with Crippen LogP contribution in [0.5, 0.6) is 11.5 Å². The molecule has 2 aromatic carbocycles. The average molecular weight is 500 g/mol. The van der Waals surface area contributed by atoms with E-state index < -0.39 is 17.7 Å². The van der Waals surface area contributed by atoms with Gasteiger partial charge < -0.3 is 14.6 Å². The predicted octanol–water partition coefficient (Wildman–Crippen LogP) is 4.75. The van der Waals surface area contributed by atoms with Gasteiger partial charge in [-0.3, -0.25) is 19.5 Å². The van der Waals surface area contributed by atoms with Gasteiger partial charge in [-0.15, -0.1) is 11.3 Å². The summed E-state index contributed by atoms with van der Waals surface area (Å²) in [6.45, 7) is 0.343. The van der Waals surface area contributed by atoms with Gasteiger partial charge in [0, 0.05) is 29.5 Å². The van der Waals surface area contributed by atoms with Crippen LogP contribution in [0.15, 0.2) is 90.2 Å². The Balaban J connectivity index is 1.59. The Morgan fingerprint density at radius 3 is 2.50 bits per heavy atom. The SMILES string of the molecule is COc1cc(C2C(=C(O)c3ccncc3)C(=O)C(=O)N2c2nccs2)ccc1OCc1ccccc1. The van der Waals surface area contributed by atoms with E-state index in [1.807, 2.05) is 30.3 Å². The molecule has 0 saturated carbocycles. The first-order valence-electron chi connectivity index (χ1n) is 11.0. The molecule has 180 valence electrons. The van der Waals surface area contributed by atoms with Crippen molar-refractivity contribution in [2.75, 3.05) is 12.0 Å². The maximum atomic E-state index is 13.2. The van der Waals surface area contributed by atoms with Crippen molar-refractivity contribution in [1.82, 2.24) is 9.97 Å². The summed E-state index contributed by atoms with van der Waals surface area (Å²) < 4.78 is 11.5. The van der Waals surface area contributed by atoms with Gasteiger partial charge in [-0.05, 0) is 35.4 Å². The van der Waals surface area contributed by atoms with E-state index in [-0.39, 0.29) is 11.3 Å². The topological polar surface area (TPSA) is 102 Å². The molecule has 0 aliphatic carbocycles. The third-order valence-electron chi connectivity index (χ3n) is 5.76. The quantitative estimate of drug-likeness (QED) is 0.222. The summed E-state index contributed by atoms with van der Waals surface area (Å²) in [6, 6.07) is 17.1. The van der Waals surface area contributed by atoms with Gasteiger partial charge in [-0.1, -0.05) is 36.4 Å². The second-order valence-electron chi connectivity index (χ2n) is 7.90. The number of anilines is 1. The molecule has 1 aliphatic rings. The lowest BCUT2D eigenvalue weighted by Gasteiger charge is -2.24. The van der Waals surface area contributed by atoms with Crippen LogP contribution < -0.4 is 14.4 Å². The minimum Gasteiger partial charge on any atom is -0.507 e. The number of hydrogen-bond acceptors (Lipinski definition) is 8. The van der Waals surface area contributed by atoms with Crippen molar-refractivity contribution in [3.05, 3.63) is 107 Å². The summed E-state index contributed by atoms with van der Waals surface area (Å²) in [5.74, 6) is -0.924. The molecular weight excluding hydrogens is 478 g/mol. The van der Waals surface area contributed by atoms with Crippen LogP contribution in [0, 0.1) is 0 Å². The Morgan fingerprint density at radius 2 is 1.81 bits per heavy atom. The summed E-state index contributed by atoms with van der Waals surface area (Å²) in [7, 11) is 1.52. The van der Waals surface area contributed by atoms with Crippen molar-refractivity contribution in [3.63, 3.8) is 0 Å². The lowest BCUT2D eigenvalue weighted by atomic mass is 9.95. The second kappa shape index (κ2) is 10.0. The van der Waals surface area contributed by atoms with Crippen molar-refractivity contribution in [2.45, 2.75) is 12.6 Å². The molecule has 1 atom stereocenters. The lowest BCUT2D eigenvalue weighted by molar-refractivity contribution is -0.132. The van der Waals surface area contributed by atoms with E-state index in [1.165, 1.54) is 35.7 Å². The number of rotatable bonds is 7. The summed E-state index contributed by atoms with van der Waals surface area (Å²) in [5, 5.41) is 13.2. The zero-order chi connectivity index (χ0) is 25.1. The fourth-order valence-electron chi connectivity index (χ4n) is 4.05. The Hall–Kier alpha value is -4.50. The van der Waals surface area contributed by atoms with Gasteiger partial charge in [0.1, 0.15) is 12.4 Å². The van der Waals surface area contributed by atoms with Gasteiger partial charge in [-0.25, -0.2) is 4.98 Å². The van der Waals surface area contributed by atoms with Crippen molar-refractivity contribution < 1.29 is 24.2 Å². The normalized spacial score (nSPS) is 16.8. The monoisotopic (exact) mass is 499 g/mol. The van der Waals surface area contributed by atoms with Crippen LogP contribution in [-0.4, -0.2) is 33.9 Å². The van der Waals surface area contributed by atoms with E-state index in [4.69, 9.17) is 9.47 Å². The molecule has 5 rings (SSSR count). The van der Waals surface area contributed by atoms with Gasteiger partial charge in [0.2, 0.25) is 0 Å². The number of carbonyl (C=O) groups is 2. The maximum Gasteiger partial charge on any atom is 0.301 e. The molecule has 1 fully saturated rings. The maximum absolute atomic E-state index is 13.2. The summed E-state index contributed by atoms with van der Waals surface area (Å²) >= 11 is 1.22. The first-order valence-corrected chi connectivity index (χ1v) is 11.9. The van der Waals surface area contributed by atoms with Gasteiger partial charge in [0.25, 0.3) is 5.78 Å². The smallest absolute Gasteiger partial charge is 0.301 e. The molecule has 2 aromatic heterocycles. The lowest BCUT2D eigenvalue weighted by Crippen LogP contribution is -2.29. The first-order chi connectivity index (χ1) is 17.6. The van der Waals surface area contributed by atoms with Gasteiger partial charge in [-0.2, -0.15) is 0 Å². The highest BCUT2D eigenvalue weighted by molar-refractivity contribution is 7.14. The highest BCUT2D eigenvalue weighted by Gasteiger charge is 2.48. The molecule has 1 aliphatic heterocycles. The number of benzene rings is 2. The van der Waals surface area contributed by atoms with E-state index in [0.29, 0.717) is 34.4 Å². The van der Waals surface area contributed by atoms with Crippen molar-refractivity contribution in [2.24, 2.45) is 0 Å². The number of carbonyl (C=O) groups excluding carboxylic acids is 2. The minimum absolute atomic E-state index is 0.0404.